The first-order valence-corrected chi connectivity index (χ1v) is 5.87. The quantitative estimate of drug-likeness (QED) is 0.860. The largest absolute Gasteiger partial charge is 0.481 e. The molecule has 92 valence electrons. The minimum absolute atomic E-state index is 0.157. The van der Waals surface area contributed by atoms with Crippen LogP contribution in [0.25, 0.3) is 0 Å². The number of aliphatic carboxylic acids is 1. The maximum Gasteiger partial charge on any atom is 0.315 e. The maximum atomic E-state index is 11.6. The van der Waals surface area contributed by atoms with Gasteiger partial charge in [0, 0.05) is 25.6 Å². The first-order chi connectivity index (χ1) is 8.10. The van der Waals surface area contributed by atoms with Gasteiger partial charge in [0.2, 0.25) is 0 Å². The molecule has 1 aromatic heterocycles. The summed E-state index contributed by atoms with van der Waals surface area (Å²) >= 11 is 0. The van der Waals surface area contributed by atoms with Crippen LogP contribution in [0.2, 0.25) is 0 Å². The van der Waals surface area contributed by atoms with Gasteiger partial charge in [0.15, 0.2) is 0 Å². The fourth-order valence-corrected chi connectivity index (χ4v) is 2.53. The lowest BCUT2D eigenvalue weighted by molar-refractivity contribution is -0.146. The van der Waals surface area contributed by atoms with E-state index < -0.39 is 11.4 Å². The van der Waals surface area contributed by atoms with Crippen molar-refractivity contribution in [1.82, 2.24) is 9.78 Å². The highest BCUT2D eigenvalue weighted by atomic mass is 16.4. The molecule has 1 heterocycles. The summed E-state index contributed by atoms with van der Waals surface area (Å²) in [5.41, 5.74) is -0.208. The fraction of sp³-hybridized carbons (Fsp3) is 0.583. The van der Waals surface area contributed by atoms with E-state index in [1.807, 2.05) is 6.92 Å². The molecule has 17 heavy (non-hydrogen) atoms. The average molecular weight is 236 g/mol. The van der Waals surface area contributed by atoms with Crippen molar-refractivity contribution in [2.75, 3.05) is 0 Å². The van der Waals surface area contributed by atoms with Crippen molar-refractivity contribution >= 4 is 11.8 Å². The highest BCUT2D eigenvalue weighted by Gasteiger charge is 2.45. The fourth-order valence-electron chi connectivity index (χ4n) is 2.53. The molecule has 0 unspecified atom stereocenters. The number of hydrogen-bond donors (Lipinski definition) is 1. The Morgan fingerprint density at radius 1 is 1.53 bits per heavy atom. The first kappa shape index (κ1) is 11.8. The van der Waals surface area contributed by atoms with Crippen molar-refractivity contribution in [3.8, 4) is 0 Å². The van der Waals surface area contributed by atoms with Gasteiger partial charge in [-0.1, -0.05) is 0 Å². The van der Waals surface area contributed by atoms with E-state index in [-0.39, 0.29) is 5.78 Å². The zero-order valence-corrected chi connectivity index (χ0v) is 9.85. The third-order valence-electron chi connectivity index (χ3n) is 3.58. The Kier molecular flexibility index (Phi) is 3.00. The van der Waals surface area contributed by atoms with E-state index in [2.05, 4.69) is 5.10 Å². The van der Waals surface area contributed by atoms with E-state index in [1.165, 1.54) is 0 Å². The molecule has 1 N–H and O–H groups in total. The number of carboxylic acids is 1. The van der Waals surface area contributed by atoms with Gasteiger partial charge < -0.3 is 5.11 Å². The van der Waals surface area contributed by atoms with Gasteiger partial charge in [0.1, 0.15) is 11.2 Å². The van der Waals surface area contributed by atoms with Crippen molar-refractivity contribution in [2.24, 2.45) is 0 Å². The second kappa shape index (κ2) is 4.31. The molecule has 0 spiro atoms. The molecule has 0 amide bonds. The van der Waals surface area contributed by atoms with Crippen LogP contribution in [0, 0.1) is 0 Å². The molecule has 0 aromatic carbocycles. The minimum Gasteiger partial charge on any atom is -0.481 e. The topological polar surface area (TPSA) is 72.2 Å². The van der Waals surface area contributed by atoms with Crippen LogP contribution >= 0.6 is 0 Å². The Bertz CT molecular complexity index is 440. The van der Waals surface area contributed by atoms with Crippen LogP contribution in [0.15, 0.2) is 12.3 Å². The average Bonchev–Trinajstić information content (AvgIpc) is 2.78. The summed E-state index contributed by atoms with van der Waals surface area (Å²) < 4.78 is 1.71. The van der Waals surface area contributed by atoms with E-state index in [0.717, 1.165) is 5.69 Å². The summed E-state index contributed by atoms with van der Waals surface area (Å²) in [6, 6.07) is 1.76. The number of Topliss-reactive ketones (excluding diaryl/α,β-unsaturated/α-hetero) is 1. The second-order valence-corrected chi connectivity index (χ2v) is 4.46. The molecule has 0 aliphatic heterocycles. The van der Waals surface area contributed by atoms with Crippen LogP contribution in [-0.2, 0) is 21.5 Å². The highest BCUT2D eigenvalue weighted by Crippen LogP contribution is 2.38. The van der Waals surface area contributed by atoms with Gasteiger partial charge in [-0.3, -0.25) is 14.3 Å². The molecule has 1 aliphatic carbocycles. The van der Waals surface area contributed by atoms with Crippen molar-refractivity contribution in [3.63, 3.8) is 0 Å². The van der Waals surface area contributed by atoms with Gasteiger partial charge in [-0.2, -0.15) is 5.10 Å². The monoisotopic (exact) mass is 236 g/mol. The summed E-state index contributed by atoms with van der Waals surface area (Å²) in [5, 5.41) is 13.6. The standard InChI is InChI=1S/C12H16N2O3/c1-2-14-10(5-8-13-14)12(11(16)17)6-3-9(15)4-7-12/h5,8H,2-4,6-7H2,1H3,(H,16,17). The summed E-state index contributed by atoms with van der Waals surface area (Å²) in [4.78, 5) is 22.9. The molecule has 1 aliphatic rings. The Labute approximate surface area is 99.4 Å². The lowest BCUT2D eigenvalue weighted by Gasteiger charge is -2.32. The van der Waals surface area contributed by atoms with Gasteiger partial charge in [-0.25, -0.2) is 0 Å². The predicted octanol–water partition coefficient (Wildman–Crippen LogP) is 1.37. The first-order valence-electron chi connectivity index (χ1n) is 5.87. The molecule has 5 heteroatoms. The third kappa shape index (κ3) is 1.85. The van der Waals surface area contributed by atoms with Crippen molar-refractivity contribution in [1.29, 1.82) is 0 Å². The van der Waals surface area contributed by atoms with E-state index in [0.29, 0.717) is 32.2 Å². The van der Waals surface area contributed by atoms with Gasteiger partial charge in [0.05, 0.1) is 5.69 Å². The van der Waals surface area contributed by atoms with Gasteiger partial charge >= 0.3 is 5.97 Å². The lowest BCUT2D eigenvalue weighted by atomic mass is 9.71. The lowest BCUT2D eigenvalue weighted by Crippen LogP contribution is -2.41. The number of aromatic nitrogens is 2. The van der Waals surface area contributed by atoms with Crippen molar-refractivity contribution < 1.29 is 14.7 Å². The zero-order valence-electron chi connectivity index (χ0n) is 9.85. The van der Waals surface area contributed by atoms with Crippen LogP contribution in [0.5, 0.6) is 0 Å². The smallest absolute Gasteiger partial charge is 0.315 e. The van der Waals surface area contributed by atoms with Crippen LogP contribution in [0.4, 0.5) is 0 Å². The summed E-state index contributed by atoms with van der Waals surface area (Å²) in [6.07, 6.45) is 3.09. The molecule has 0 bridgehead atoms. The molecule has 2 rings (SSSR count). The van der Waals surface area contributed by atoms with Crippen molar-refractivity contribution in [2.45, 2.75) is 44.6 Å². The van der Waals surface area contributed by atoms with Crippen LogP contribution < -0.4 is 0 Å². The molecule has 1 saturated carbocycles. The number of nitrogens with zero attached hydrogens (tertiary/aromatic N) is 2. The second-order valence-electron chi connectivity index (χ2n) is 4.46. The molecular formula is C12H16N2O3. The van der Waals surface area contributed by atoms with Crippen LogP contribution in [0.1, 0.15) is 38.3 Å². The molecule has 1 fully saturated rings. The highest BCUT2D eigenvalue weighted by molar-refractivity contribution is 5.87. The molecule has 0 atom stereocenters. The Hall–Kier alpha value is -1.65. The molecule has 0 saturated heterocycles. The van der Waals surface area contributed by atoms with E-state index in [4.69, 9.17) is 0 Å². The number of rotatable bonds is 3. The van der Waals surface area contributed by atoms with Crippen molar-refractivity contribution in [3.05, 3.63) is 18.0 Å². The molecule has 5 nitrogen and oxygen atoms in total. The van der Waals surface area contributed by atoms with E-state index in [1.54, 1.807) is 16.9 Å². The zero-order chi connectivity index (χ0) is 12.5. The van der Waals surface area contributed by atoms with Crippen LogP contribution in [-0.4, -0.2) is 26.6 Å². The number of carbonyl (C=O) groups is 2. The summed E-state index contributed by atoms with van der Waals surface area (Å²) in [6.45, 7) is 2.57. The number of carboxylic acid groups (broad SMARTS) is 1. The van der Waals surface area contributed by atoms with Gasteiger partial charge in [0.25, 0.3) is 0 Å². The summed E-state index contributed by atoms with van der Waals surface area (Å²) in [7, 11) is 0. The van der Waals surface area contributed by atoms with Crippen LogP contribution in [0.3, 0.4) is 0 Å². The normalized spacial score (nSPS) is 19.2. The van der Waals surface area contributed by atoms with Gasteiger partial charge in [-0.05, 0) is 25.8 Å². The SMILES string of the molecule is CCn1nccc1C1(C(=O)O)CCC(=O)CC1. The molecule has 1 aromatic rings. The number of aryl methyl sites for hydroxylation is 1. The third-order valence-corrected chi connectivity index (χ3v) is 3.58. The summed E-state index contributed by atoms with van der Waals surface area (Å²) in [5.74, 6) is -0.690. The number of hydrogen-bond acceptors (Lipinski definition) is 3. The molecular weight excluding hydrogens is 220 g/mol. The Morgan fingerprint density at radius 3 is 2.71 bits per heavy atom. The number of carbonyl (C=O) groups excluding carboxylic acids is 1. The molecule has 0 radical (unpaired) electrons. The minimum atomic E-state index is -0.930. The Morgan fingerprint density at radius 2 is 2.18 bits per heavy atom. The van der Waals surface area contributed by atoms with E-state index >= 15 is 0 Å². The Balaban J connectivity index is 2.42. The maximum absolute atomic E-state index is 11.6. The number of ketones is 1. The predicted molar refractivity (Wildman–Crippen MR) is 60.7 cm³/mol. The van der Waals surface area contributed by atoms with E-state index in [9.17, 15) is 14.7 Å². The van der Waals surface area contributed by atoms with Gasteiger partial charge in [-0.15, -0.1) is 0 Å².